The molecular weight excluding hydrogens is 120 g/mol. The van der Waals surface area contributed by atoms with Gasteiger partial charge in [-0.15, -0.1) is 0 Å². The van der Waals surface area contributed by atoms with Crippen LogP contribution >= 0.6 is 0 Å². The van der Waals surface area contributed by atoms with Gasteiger partial charge in [0.05, 0.1) is 0 Å². The van der Waals surface area contributed by atoms with Crippen LogP contribution in [0, 0.1) is 5.92 Å². The second-order valence-corrected chi connectivity index (χ2v) is 3.38. The smallest absolute Gasteiger partial charge is 0.0346 e. The third-order valence-corrected chi connectivity index (χ3v) is 1.79. The molecule has 0 radical (unpaired) electrons. The van der Waals surface area contributed by atoms with Crippen LogP contribution in [0.25, 0.3) is 0 Å². The molecule has 0 saturated carbocycles. The van der Waals surface area contributed by atoms with Crippen molar-refractivity contribution in [3.8, 4) is 0 Å². The Morgan fingerprint density at radius 2 is 2.00 bits per heavy atom. The summed E-state index contributed by atoms with van der Waals surface area (Å²) in [5, 5.41) is 0. The second-order valence-electron chi connectivity index (χ2n) is 3.38. The normalized spacial score (nSPS) is 12.7. The molecule has 0 bridgehead atoms. The summed E-state index contributed by atoms with van der Waals surface area (Å²) in [6.45, 7) is 8.96. The molecule has 0 unspecified atom stereocenters. The van der Waals surface area contributed by atoms with Crippen LogP contribution in [-0.4, -0.2) is 0 Å². The van der Waals surface area contributed by atoms with Crippen LogP contribution in [0.4, 0.5) is 0 Å². The molecule has 0 spiro atoms. The zero-order chi connectivity index (χ0) is 7.98. The van der Waals surface area contributed by atoms with E-state index in [4.69, 9.17) is 0 Å². The lowest BCUT2D eigenvalue weighted by Crippen LogP contribution is -1.84. The molecule has 0 atom stereocenters. The zero-order valence-electron chi connectivity index (χ0n) is 7.78. The minimum absolute atomic E-state index is 0.848. The zero-order valence-corrected chi connectivity index (χ0v) is 7.78. The summed E-state index contributed by atoms with van der Waals surface area (Å²) in [6.07, 6.45) is 6.16. The summed E-state index contributed by atoms with van der Waals surface area (Å²) in [5.41, 5.74) is 1.53. The first-order valence-corrected chi connectivity index (χ1v) is 4.32. The van der Waals surface area contributed by atoms with Gasteiger partial charge in [-0.2, -0.15) is 0 Å². The predicted molar refractivity (Wildman–Crippen MR) is 48.1 cm³/mol. The van der Waals surface area contributed by atoms with E-state index in [0.717, 1.165) is 5.92 Å². The van der Waals surface area contributed by atoms with Gasteiger partial charge in [0.1, 0.15) is 0 Å². The molecule has 0 fully saturated rings. The van der Waals surface area contributed by atoms with Crippen molar-refractivity contribution in [1.82, 2.24) is 0 Å². The van der Waals surface area contributed by atoms with Crippen LogP contribution in [0.2, 0.25) is 0 Å². The van der Waals surface area contributed by atoms with Gasteiger partial charge >= 0.3 is 0 Å². The average Bonchev–Trinajstić information content (AvgIpc) is 1.87. The lowest BCUT2D eigenvalue weighted by atomic mass is 10.1. The highest BCUT2D eigenvalue weighted by Gasteiger charge is 1.90. The van der Waals surface area contributed by atoms with E-state index in [9.17, 15) is 0 Å². The molecule has 60 valence electrons. The molecule has 0 amide bonds. The van der Waals surface area contributed by atoms with Crippen molar-refractivity contribution in [2.75, 3.05) is 0 Å². The van der Waals surface area contributed by atoms with Crippen LogP contribution in [0.3, 0.4) is 0 Å². The highest BCUT2D eigenvalue weighted by atomic mass is 14.0. The van der Waals surface area contributed by atoms with Crippen molar-refractivity contribution in [3.63, 3.8) is 0 Å². The van der Waals surface area contributed by atoms with Crippen molar-refractivity contribution in [1.29, 1.82) is 0 Å². The fraction of sp³-hybridized carbons (Fsp3) is 0.800. The molecule has 0 aliphatic carbocycles. The summed E-state index contributed by atoms with van der Waals surface area (Å²) in [7, 11) is 0. The van der Waals surface area contributed by atoms with Gasteiger partial charge in [-0.05, 0) is 32.1 Å². The topological polar surface area (TPSA) is 0 Å². The van der Waals surface area contributed by atoms with E-state index >= 15 is 0 Å². The highest BCUT2D eigenvalue weighted by molar-refractivity contribution is 4.96. The number of hydrogen-bond donors (Lipinski definition) is 0. The van der Waals surface area contributed by atoms with E-state index < -0.39 is 0 Å². The molecule has 0 nitrogen and oxygen atoms in total. The Bertz CT molecular complexity index is 98.6. The molecule has 10 heavy (non-hydrogen) atoms. The van der Waals surface area contributed by atoms with Gasteiger partial charge in [0, 0.05) is 0 Å². The Morgan fingerprint density at radius 1 is 1.40 bits per heavy atom. The lowest BCUT2D eigenvalue weighted by molar-refractivity contribution is 0.593. The molecule has 0 heterocycles. The first-order chi connectivity index (χ1) is 4.66. The first-order valence-electron chi connectivity index (χ1n) is 4.32. The predicted octanol–water partition coefficient (Wildman–Crippen LogP) is 3.78. The maximum absolute atomic E-state index is 2.36. The lowest BCUT2D eigenvalue weighted by Gasteiger charge is -2.00. The van der Waals surface area contributed by atoms with Gasteiger partial charge in [-0.1, -0.05) is 32.4 Å². The standard InChI is InChI=1S/C10H20/c1-5-10(4)8-6-7-9(2)3/h8-9H,5-7H2,1-4H3/b10-8+. The molecule has 0 heteroatoms. The Morgan fingerprint density at radius 3 is 2.40 bits per heavy atom. The number of hydrogen-bond acceptors (Lipinski definition) is 0. The summed E-state index contributed by atoms with van der Waals surface area (Å²) < 4.78 is 0. The molecule has 0 N–H and O–H groups in total. The maximum atomic E-state index is 2.36. The monoisotopic (exact) mass is 140 g/mol. The molecule has 0 aromatic rings. The summed E-state index contributed by atoms with van der Waals surface area (Å²) in [6, 6.07) is 0. The Labute approximate surface area is 65.3 Å². The minimum Gasteiger partial charge on any atom is -0.0856 e. The minimum atomic E-state index is 0.848. The van der Waals surface area contributed by atoms with E-state index in [2.05, 4.69) is 33.8 Å². The van der Waals surface area contributed by atoms with Gasteiger partial charge < -0.3 is 0 Å². The number of allylic oxidation sites excluding steroid dienone is 2. The molecular formula is C10H20. The van der Waals surface area contributed by atoms with Crippen molar-refractivity contribution < 1.29 is 0 Å². The van der Waals surface area contributed by atoms with Crippen LogP contribution in [0.15, 0.2) is 11.6 Å². The summed E-state index contributed by atoms with van der Waals surface area (Å²) in [4.78, 5) is 0. The van der Waals surface area contributed by atoms with Gasteiger partial charge in [0.25, 0.3) is 0 Å². The quantitative estimate of drug-likeness (QED) is 0.521. The van der Waals surface area contributed by atoms with Gasteiger partial charge in [-0.3, -0.25) is 0 Å². The van der Waals surface area contributed by atoms with E-state index in [1.807, 2.05) is 0 Å². The molecule has 0 aliphatic heterocycles. The fourth-order valence-corrected chi connectivity index (χ4v) is 0.807. The molecule has 0 saturated heterocycles. The van der Waals surface area contributed by atoms with Crippen LogP contribution < -0.4 is 0 Å². The fourth-order valence-electron chi connectivity index (χ4n) is 0.807. The van der Waals surface area contributed by atoms with Crippen LogP contribution in [0.1, 0.15) is 47.0 Å². The molecule has 0 aromatic carbocycles. The largest absolute Gasteiger partial charge is 0.0856 e. The number of rotatable bonds is 4. The van der Waals surface area contributed by atoms with E-state index in [0.29, 0.717) is 0 Å². The van der Waals surface area contributed by atoms with Crippen LogP contribution in [0.5, 0.6) is 0 Å². The van der Waals surface area contributed by atoms with Crippen molar-refractivity contribution >= 4 is 0 Å². The van der Waals surface area contributed by atoms with Crippen LogP contribution in [-0.2, 0) is 0 Å². The van der Waals surface area contributed by atoms with E-state index in [1.165, 1.54) is 24.8 Å². The highest BCUT2D eigenvalue weighted by Crippen LogP contribution is 2.07. The third kappa shape index (κ3) is 5.87. The Hall–Kier alpha value is -0.260. The van der Waals surface area contributed by atoms with Crippen molar-refractivity contribution in [3.05, 3.63) is 11.6 Å². The van der Waals surface area contributed by atoms with Gasteiger partial charge in [0.15, 0.2) is 0 Å². The summed E-state index contributed by atoms with van der Waals surface area (Å²) >= 11 is 0. The molecule has 0 rings (SSSR count). The Balaban J connectivity index is 3.34. The van der Waals surface area contributed by atoms with Gasteiger partial charge in [0.2, 0.25) is 0 Å². The maximum Gasteiger partial charge on any atom is -0.0346 e. The third-order valence-electron chi connectivity index (χ3n) is 1.79. The van der Waals surface area contributed by atoms with E-state index in [1.54, 1.807) is 0 Å². The SMILES string of the molecule is CC/C(C)=C/CCC(C)C. The second kappa shape index (κ2) is 5.52. The van der Waals surface area contributed by atoms with E-state index in [-0.39, 0.29) is 0 Å². The average molecular weight is 140 g/mol. The first kappa shape index (κ1) is 9.74. The molecule has 0 aromatic heterocycles. The van der Waals surface area contributed by atoms with Crippen molar-refractivity contribution in [2.24, 2.45) is 5.92 Å². The molecule has 0 aliphatic rings. The van der Waals surface area contributed by atoms with Crippen molar-refractivity contribution in [2.45, 2.75) is 47.0 Å². The summed E-state index contributed by atoms with van der Waals surface area (Å²) in [5.74, 6) is 0.848. The Kier molecular flexibility index (Phi) is 5.38. The van der Waals surface area contributed by atoms with Gasteiger partial charge in [-0.25, -0.2) is 0 Å².